The molecule has 0 spiro atoms. The molecular formula is C13H19F2NO2. The Morgan fingerprint density at radius 2 is 1.72 bits per heavy atom. The Kier molecular flexibility index (Phi) is 8.53. The van der Waals surface area contributed by atoms with Crippen LogP contribution in [0, 0.1) is 11.6 Å². The van der Waals surface area contributed by atoms with Gasteiger partial charge >= 0.3 is 0 Å². The van der Waals surface area contributed by atoms with Crippen LogP contribution in [0.2, 0.25) is 0 Å². The van der Waals surface area contributed by atoms with Crippen LogP contribution < -0.4 is 10.1 Å². The molecule has 1 aliphatic rings. The highest BCUT2D eigenvalue weighted by molar-refractivity contribution is 5.77. The zero-order valence-corrected chi connectivity index (χ0v) is 10.9. The lowest BCUT2D eigenvalue weighted by Gasteiger charge is -1.97. The molecule has 0 unspecified atom stereocenters. The average molecular weight is 259 g/mol. The molecule has 1 amide bonds. The second-order valence-corrected chi connectivity index (χ2v) is 3.26. The Morgan fingerprint density at radius 1 is 1.17 bits per heavy atom. The van der Waals surface area contributed by atoms with Gasteiger partial charge in [-0.3, -0.25) is 4.79 Å². The molecule has 18 heavy (non-hydrogen) atoms. The molecule has 1 saturated heterocycles. The molecule has 0 bridgehead atoms. The molecule has 1 aromatic carbocycles. The molecule has 0 saturated carbocycles. The van der Waals surface area contributed by atoms with Crippen LogP contribution in [-0.4, -0.2) is 19.6 Å². The zero-order chi connectivity index (χ0) is 14.0. The summed E-state index contributed by atoms with van der Waals surface area (Å²) in [5.41, 5.74) is 0. The zero-order valence-electron chi connectivity index (χ0n) is 10.9. The van der Waals surface area contributed by atoms with Crippen LogP contribution >= 0.6 is 0 Å². The number of carbonyl (C=O) groups is 1. The van der Waals surface area contributed by atoms with Crippen LogP contribution in [0.25, 0.3) is 0 Å². The van der Waals surface area contributed by atoms with E-state index in [0.717, 1.165) is 37.6 Å². The molecule has 102 valence electrons. The minimum atomic E-state index is -0.628. The van der Waals surface area contributed by atoms with Gasteiger partial charge in [0.25, 0.3) is 0 Å². The summed E-state index contributed by atoms with van der Waals surface area (Å²) in [6.07, 6.45) is 1.76. The molecule has 0 radical (unpaired) electrons. The third-order valence-corrected chi connectivity index (χ3v) is 1.97. The molecule has 0 aliphatic carbocycles. The van der Waals surface area contributed by atoms with Crippen LogP contribution in [0.15, 0.2) is 18.2 Å². The average Bonchev–Trinajstić information content (AvgIpc) is 2.82. The van der Waals surface area contributed by atoms with E-state index in [2.05, 4.69) is 10.1 Å². The first kappa shape index (κ1) is 16.4. The number of hydrogen-bond acceptors (Lipinski definition) is 2. The number of hydrogen-bond donors (Lipinski definition) is 1. The van der Waals surface area contributed by atoms with Crippen LogP contribution in [0.4, 0.5) is 8.78 Å². The molecule has 5 heteroatoms. The van der Waals surface area contributed by atoms with Crippen molar-refractivity contribution in [3.05, 3.63) is 29.8 Å². The monoisotopic (exact) mass is 259 g/mol. The summed E-state index contributed by atoms with van der Waals surface area (Å²) in [4.78, 5) is 10.1. The Labute approximate surface area is 106 Å². The molecular weight excluding hydrogens is 240 g/mol. The Balaban J connectivity index is 0.000000308. The lowest BCUT2D eigenvalue weighted by molar-refractivity contribution is -0.119. The molecule has 1 heterocycles. The maximum absolute atomic E-state index is 12.3. The number of carbonyl (C=O) groups excluding carboxylic acids is 1. The van der Waals surface area contributed by atoms with E-state index in [9.17, 15) is 13.6 Å². The first-order valence-electron chi connectivity index (χ1n) is 5.88. The van der Waals surface area contributed by atoms with Gasteiger partial charge in [-0.05, 0) is 6.42 Å². The molecule has 3 nitrogen and oxygen atoms in total. The van der Waals surface area contributed by atoms with Gasteiger partial charge in [-0.2, -0.15) is 0 Å². The van der Waals surface area contributed by atoms with Crippen molar-refractivity contribution >= 4 is 5.91 Å². The second-order valence-electron chi connectivity index (χ2n) is 3.26. The number of ether oxygens (including phenoxy) is 1. The van der Waals surface area contributed by atoms with Crippen LogP contribution in [0.3, 0.4) is 0 Å². The summed E-state index contributed by atoms with van der Waals surface area (Å²) >= 11 is 0. The third kappa shape index (κ3) is 6.83. The predicted octanol–water partition coefficient (Wildman–Crippen LogP) is 2.90. The Hall–Kier alpha value is -1.65. The van der Waals surface area contributed by atoms with Gasteiger partial charge in [-0.15, -0.1) is 0 Å². The smallest absolute Gasteiger partial charge is 0.220 e. The standard InChI is InChI=1S/C7H6F2O.C4H7NO.C2H6/c1-10-7-3-5(8)2-6(9)4-7;6-4-2-1-3-5-4;1-2/h2-4H,1H3;1-3H2,(H,5,6);1-2H3. The Bertz CT molecular complexity index is 342. The SMILES string of the molecule is CC.COc1cc(F)cc(F)c1.O=C1CCCN1. The third-order valence-electron chi connectivity index (χ3n) is 1.97. The molecule has 2 rings (SSSR count). The van der Waals surface area contributed by atoms with Gasteiger partial charge in [0.2, 0.25) is 5.91 Å². The fourth-order valence-corrected chi connectivity index (χ4v) is 1.21. The van der Waals surface area contributed by atoms with E-state index >= 15 is 0 Å². The van der Waals surface area contributed by atoms with Crippen molar-refractivity contribution in [1.82, 2.24) is 5.32 Å². The van der Waals surface area contributed by atoms with Crippen molar-refractivity contribution in [3.8, 4) is 5.75 Å². The van der Waals surface area contributed by atoms with E-state index < -0.39 is 11.6 Å². The number of methoxy groups -OCH3 is 1. The quantitative estimate of drug-likeness (QED) is 0.842. The van der Waals surface area contributed by atoms with Crippen molar-refractivity contribution in [2.45, 2.75) is 26.7 Å². The summed E-state index contributed by atoms with van der Waals surface area (Å²) in [6.45, 7) is 4.89. The van der Waals surface area contributed by atoms with Crippen LogP contribution in [0.5, 0.6) is 5.75 Å². The number of amides is 1. The largest absolute Gasteiger partial charge is 0.497 e. The Morgan fingerprint density at radius 3 is 2.00 bits per heavy atom. The second kappa shape index (κ2) is 9.39. The van der Waals surface area contributed by atoms with Gasteiger partial charge < -0.3 is 10.1 Å². The number of nitrogens with one attached hydrogen (secondary N) is 1. The molecule has 0 atom stereocenters. The van der Waals surface area contributed by atoms with Gasteiger partial charge in [0, 0.05) is 31.2 Å². The van der Waals surface area contributed by atoms with E-state index in [1.165, 1.54) is 7.11 Å². The summed E-state index contributed by atoms with van der Waals surface area (Å²) in [6, 6.07) is 3.02. The van der Waals surface area contributed by atoms with Crippen molar-refractivity contribution < 1.29 is 18.3 Å². The van der Waals surface area contributed by atoms with Crippen molar-refractivity contribution in [2.75, 3.05) is 13.7 Å². The summed E-state index contributed by atoms with van der Waals surface area (Å²) in [7, 11) is 1.36. The number of benzene rings is 1. The number of rotatable bonds is 1. The van der Waals surface area contributed by atoms with Gasteiger partial charge in [-0.1, -0.05) is 13.8 Å². The predicted molar refractivity (Wildman–Crippen MR) is 66.5 cm³/mol. The van der Waals surface area contributed by atoms with Crippen LogP contribution in [0.1, 0.15) is 26.7 Å². The van der Waals surface area contributed by atoms with E-state index in [1.807, 2.05) is 13.8 Å². The fourth-order valence-electron chi connectivity index (χ4n) is 1.21. The first-order valence-corrected chi connectivity index (χ1v) is 5.88. The highest BCUT2D eigenvalue weighted by atomic mass is 19.1. The maximum Gasteiger partial charge on any atom is 0.220 e. The fraction of sp³-hybridized carbons (Fsp3) is 0.462. The highest BCUT2D eigenvalue weighted by Crippen LogP contribution is 2.13. The van der Waals surface area contributed by atoms with Gasteiger partial charge in [0.1, 0.15) is 17.4 Å². The first-order chi connectivity index (χ1) is 8.61. The van der Waals surface area contributed by atoms with Gasteiger partial charge in [0.05, 0.1) is 7.11 Å². The molecule has 0 aromatic heterocycles. The van der Waals surface area contributed by atoms with Gasteiger partial charge in [0.15, 0.2) is 0 Å². The summed E-state index contributed by atoms with van der Waals surface area (Å²) in [5, 5.41) is 2.68. The molecule has 1 N–H and O–H groups in total. The number of halogens is 2. The normalized spacial score (nSPS) is 12.6. The summed E-state index contributed by atoms with van der Waals surface area (Å²) < 4.78 is 29.2. The van der Waals surface area contributed by atoms with E-state index in [4.69, 9.17) is 0 Å². The molecule has 1 aliphatic heterocycles. The highest BCUT2D eigenvalue weighted by Gasteiger charge is 2.05. The van der Waals surface area contributed by atoms with Crippen LogP contribution in [-0.2, 0) is 4.79 Å². The van der Waals surface area contributed by atoms with Crippen molar-refractivity contribution in [2.24, 2.45) is 0 Å². The van der Waals surface area contributed by atoms with Crippen molar-refractivity contribution in [3.63, 3.8) is 0 Å². The lowest BCUT2D eigenvalue weighted by Crippen LogP contribution is -2.12. The van der Waals surface area contributed by atoms with E-state index in [0.29, 0.717) is 0 Å². The maximum atomic E-state index is 12.3. The van der Waals surface area contributed by atoms with Crippen molar-refractivity contribution in [1.29, 1.82) is 0 Å². The minimum Gasteiger partial charge on any atom is -0.497 e. The topological polar surface area (TPSA) is 38.3 Å². The molecule has 1 fully saturated rings. The van der Waals surface area contributed by atoms with E-state index in [-0.39, 0.29) is 11.7 Å². The van der Waals surface area contributed by atoms with E-state index in [1.54, 1.807) is 0 Å². The molecule has 1 aromatic rings. The van der Waals surface area contributed by atoms with Gasteiger partial charge in [-0.25, -0.2) is 8.78 Å². The lowest BCUT2D eigenvalue weighted by atomic mass is 10.3. The summed E-state index contributed by atoms with van der Waals surface area (Å²) in [5.74, 6) is -0.860. The minimum absolute atomic E-state index is 0.192.